The van der Waals surface area contributed by atoms with E-state index in [-0.39, 0.29) is 5.91 Å². The highest BCUT2D eigenvalue weighted by molar-refractivity contribution is 7.14. The second kappa shape index (κ2) is 5.80. The third-order valence-electron chi connectivity index (χ3n) is 2.64. The molecule has 2 aromatic rings. The van der Waals surface area contributed by atoms with Crippen molar-refractivity contribution in [1.29, 1.82) is 0 Å². The highest BCUT2D eigenvalue weighted by Crippen LogP contribution is 2.20. The molecule has 0 fully saturated rings. The van der Waals surface area contributed by atoms with Crippen LogP contribution in [0.5, 0.6) is 0 Å². The first kappa shape index (κ1) is 12.8. The summed E-state index contributed by atoms with van der Waals surface area (Å²) in [7, 11) is 0. The lowest BCUT2D eigenvalue weighted by molar-refractivity contribution is 0.0237. The lowest BCUT2D eigenvalue weighted by Crippen LogP contribution is -2.22. The lowest BCUT2D eigenvalue weighted by atomic mass is 10.2. The van der Waals surface area contributed by atoms with Gasteiger partial charge >= 0.3 is 0 Å². The zero-order valence-electron chi connectivity index (χ0n) is 10.4. The minimum atomic E-state index is -0.188. The number of aryl methyl sites for hydroxylation is 2. The van der Waals surface area contributed by atoms with Gasteiger partial charge in [0.05, 0.1) is 11.5 Å². The molecule has 0 bridgehead atoms. The van der Waals surface area contributed by atoms with E-state index in [2.05, 4.69) is 5.48 Å². The molecule has 0 unspecified atom stereocenters. The number of benzene rings is 1. The van der Waals surface area contributed by atoms with E-state index in [4.69, 9.17) is 4.84 Å². The normalized spacial score (nSPS) is 10.3. The molecule has 0 atom stereocenters. The third kappa shape index (κ3) is 3.18. The first-order chi connectivity index (χ1) is 8.66. The van der Waals surface area contributed by atoms with Crippen molar-refractivity contribution in [3.8, 4) is 0 Å². The Morgan fingerprint density at radius 1 is 1.28 bits per heavy atom. The molecule has 1 heterocycles. The molecule has 0 aliphatic heterocycles. The summed E-state index contributed by atoms with van der Waals surface area (Å²) in [5.41, 5.74) is 4.62. The predicted octanol–water partition coefficient (Wildman–Crippen LogP) is 3.23. The van der Waals surface area contributed by atoms with Gasteiger partial charge in [0.15, 0.2) is 0 Å². The topological polar surface area (TPSA) is 38.3 Å². The summed E-state index contributed by atoms with van der Waals surface area (Å²) in [5.74, 6) is -0.188. The van der Waals surface area contributed by atoms with Gasteiger partial charge in [0, 0.05) is 4.88 Å². The van der Waals surface area contributed by atoms with Gasteiger partial charge in [0.2, 0.25) is 0 Å². The van der Waals surface area contributed by atoms with Gasteiger partial charge in [-0.05, 0) is 31.0 Å². The Labute approximate surface area is 110 Å². The van der Waals surface area contributed by atoms with Crippen LogP contribution in [0.15, 0.2) is 36.4 Å². The minimum Gasteiger partial charge on any atom is -0.269 e. The largest absolute Gasteiger partial charge is 0.284 e. The fourth-order valence-corrected chi connectivity index (χ4v) is 2.41. The molecule has 1 N–H and O–H groups in total. The molecule has 0 saturated heterocycles. The summed E-state index contributed by atoms with van der Waals surface area (Å²) in [5, 5.41) is 0. The van der Waals surface area contributed by atoms with Gasteiger partial charge in [0.1, 0.15) is 0 Å². The van der Waals surface area contributed by atoms with E-state index < -0.39 is 0 Å². The number of nitrogens with one attached hydrogen (secondary N) is 1. The first-order valence-corrected chi connectivity index (χ1v) is 6.51. The van der Waals surface area contributed by atoms with Crippen molar-refractivity contribution in [3.63, 3.8) is 0 Å². The number of amides is 1. The fraction of sp³-hybridized carbons (Fsp3) is 0.214. The van der Waals surface area contributed by atoms with Crippen molar-refractivity contribution < 1.29 is 9.63 Å². The van der Waals surface area contributed by atoms with Gasteiger partial charge < -0.3 is 0 Å². The minimum absolute atomic E-state index is 0.188. The number of hydrogen-bond acceptors (Lipinski definition) is 3. The highest BCUT2D eigenvalue weighted by Gasteiger charge is 2.10. The zero-order chi connectivity index (χ0) is 13.0. The Hall–Kier alpha value is -1.65. The van der Waals surface area contributed by atoms with Gasteiger partial charge in [-0.2, -0.15) is 0 Å². The monoisotopic (exact) mass is 261 g/mol. The molecule has 1 aromatic heterocycles. The smallest absolute Gasteiger partial charge is 0.269 e. The van der Waals surface area contributed by atoms with Crippen molar-refractivity contribution in [1.82, 2.24) is 5.48 Å². The zero-order valence-corrected chi connectivity index (χ0v) is 11.2. The third-order valence-corrected chi connectivity index (χ3v) is 3.79. The van der Waals surface area contributed by atoms with Crippen LogP contribution in [0.3, 0.4) is 0 Å². The molecule has 94 valence electrons. The van der Waals surface area contributed by atoms with Gasteiger partial charge in [-0.3, -0.25) is 9.63 Å². The van der Waals surface area contributed by atoms with E-state index in [9.17, 15) is 4.79 Å². The van der Waals surface area contributed by atoms with E-state index >= 15 is 0 Å². The summed E-state index contributed by atoms with van der Waals surface area (Å²) in [6.07, 6.45) is 0. The molecule has 1 amide bonds. The van der Waals surface area contributed by atoms with Crippen LogP contribution in [0, 0.1) is 13.8 Å². The molecule has 0 aliphatic rings. The van der Waals surface area contributed by atoms with Gasteiger partial charge in [-0.25, -0.2) is 5.48 Å². The molecule has 0 spiro atoms. The number of rotatable bonds is 4. The lowest BCUT2D eigenvalue weighted by Gasteiger charge is -2.04. The van der Waals surface area contributed by atoms with Crippen LogP contribution in [0.25, 0.3) is 0 Å². The Morgan fingerprint density at radius 3 is 2.61 bits per heavy atom. The summed E-state index contributed by atoms with van der Waals surface area (Å²) in [6.45, 7) is 4.37. The highest BCUT2D eigenvalue weighted by atomic mass is 32.1. The maximum atomic E-state index is 11.8. The predicted molar refractivity (Wildman–Crippen MR) is 72.5 cm³/mol. The summed E-state index contributed by atoms with van der Waals surface area (Å²) in [4.78, 5) is 18.8. The van der Waals surface area contributed by atoms with Gasteiger partial charge in [0.25, 0.3) is 5.91 Å². The van der Waals surface area contributed by atoms with E-state index in [1.165, 1.54) is 11.3 Å². The molecular formula is C14H15NO2S. The molecule has 2 rings (SSSR count). The number of hydroxylamine groups is 1. The van der Waals surface area contributed by atoms with Crippen molar-refractivity contribution >= 4 is 17.2 Å². The molecule has 3 nitrogen and oxygen atoms in total. The SMILES string of the molecule is Cc1cc(C(=O)NOCc2ccccc2)sc1C. The van der Waals surface area contributed by atoms with E-state index in [0.29, 0.717) is 11.5 Å². The average Bonchev–Trinajstić information content (AvgIpc) is 2.71. The van der Waals surface area contributed by atoms with Crippen LogP contribution in [0.2, 0.25) is 0 Å². The summed E-state index contributed by atoms with van der Waals surface area (Å²) >= 11 is 1.48. The van der Waals surface area contributed by atoms with E-state index in [0.717, 1.165) is 16.0 Å². The Morgan fingerprint density at radius 2 is 2.00 bits per heavy atom. The van der Waals surface area contributed by atoms with Crippen molar-refractivity contribution in [2.24, 2.45) is 0 Å². The van der Waals surface area contributed by atoms with Crippen molar-refractivity contribution in [3.05, 3.63) is 57.3 Å². The quantitative estimate of drug-likeness (QED) is 0.858. The van der Waals surface area contributed by atoms with E-state index in [1.54, 1.807) is 0 Å². The Bertz CT molecular complexity index is 514. The van der Waals surface area contributed by atoms with Crippen LogP contribution < -0.4 is 5.48 Å². The van der Waals surface area contributed by atoms with Crippen molar-refractivity contribution in [2.75, 3.05) is 0 Å². The maximum Gasteiger partial charge on any atom is 0.284 e. The average molecular weight is 261 g/mol. The van der Waals surface area contributed by atoms with Crippen LogP contribution in [-0.4, -0.2) is 5.91 Å². The Kier molecular flexibility index (Phi) is 4.12. The molecule has 18 heavy (non-hydrogen) atoms. The van der Waals surface area contributed by atoms with Crippen LogP contribution in [0.1, 0.15) is 25.7 Å². The fourth-order valence-electron chi connectivity index (χ4n) is 1.49. The van der Waals surface area contributed by atoms with E-state index in [1.807, 2.05) is 50.2 Å². The second-order valence-corrected chi connectivity index (χ2v) is 5.31. The standard InChI is InChI=1S/C14H15NO2S/c1-10-8-13(18-11(10)2)14(16)15-17-9-12-6-4-3-5-7-12/h3-8H,9H2,1-2H3,(H,15,16). The molecule has 0 aliphatic carbocycles. The van der Waals surface area contributed by atoms with Crippen LogP contribution >= 0.6 is 11.3 Å². The first-order valence-electron chi connectivity index (χ1n) is 5.70. The molecule has 0 saturated carbocycles. The van der Waals surface area contributed by atoms with Crippen LogP contribution in [0.4, 0.5) is 0 Å². The molecular weight excluding hydrogens is 246 g/mol. The number of carbonyl (C=O) groups excluding carboxylic acids is 1. The van der Waals surface area contributed by atoms with Crippen LogP contribution in [-0.2, 0) is 11.4 Å². The molecule has 4 heteroatoms. The number of hydrogen-bond donors (Lipinski definition) is 1. The summed E-state index contributed by atoms with van der Waals surface area (Å²) < 4.78 is 0. The molecule has 1 aromatic carbocycles. The van der Waals surface area contributed by atoms with Crippen molar-refractivity contribution in [2.45, 2.75) is 20.5 Å². The molecule has 0 radical (unpaired) electrons. The van der Waals surface area contributed by atoms with Gasteiger partial charge in [-0.15, -0.1) is 11.3 Å². The summed E-state index contributed by atoms with van der Waals surface area (Å²) in [6, 6.07) is 11.6. The second-order valence-electron chi connectivity index (χ2n) is 4.06. The van der Waals surface area contributed by atoms with Gasteiger partial charge in [-0.1, -0.05) is 30.3 Å². The maximum absolute atomic E-state index is 11.8. The Balaban J connectivity index is 1.85. The number of carbonyl (C=O) groups is 1. The number of thiophene rings is 1.